The van der Waals surface area contributed by atoms with Crippen molar-refractivity contribution in [1.29, 1.82) is 0 Å². The van der Waals surface area contributed by atoms with E-state index in [-0.39, 0.29) is 17.3 Å². The third-order valence-corrected chi connectivity index (χ3v) is 5.35. The number of carbonyl (C=O) groups is 1. The van der Waals surface area contributed by atoms with Gasteiger partial charge in [0.25, 0.3) is 0 Å². The van der Waals surface area contributed by atoms with Crippen LogP contribution in [-0.2, 0) is 4.79 Å². The normalized spacial score (nSPS) is 10.8. The average Bonchev–Trinajstić information content (AvgIpc) is 3.38. The predicted octanol–water partition coefficient (Wildman–Crippen LogP) is 5.16. The number of amides is 1. The highest BCUT2D eigenvalue weighted by atomic mass is 79.9. The van der Waals surface area contributed by atoms with Crippen LogP contribution in [0.5, 0.6) is 0 Å². The van der Waals surface area contributed by atoms with Gasteiger partial charge in [-0.05, 0) is 42.5 Å². The first-order valence-corrected chi connectivity index (χ1v) is 10.3. The Labute approximate surface area is 178 Å². The Balaban J connectivity index is 1.55. The predicted molar refractivity (Wildman–Crippen MR) is 113 cm³/mol. The van der Waals surface area contributed by atoms with Gasteiger partial charge in [0, 0.05) is 10.2 Å². The number of hydrogen-bond acceptors (Lipinski definition) is 5. The van der Waals surface area contributed by atoms with Gasteiger partial charge in [-0.2, -0.15) is 0 Å². The van der Waals surface area contributed by atoms with Gasteiger partial charge in [-0.25, -0.2) is 4.39 Å². The molecule has 1 amide bonds. The summed E-state index contributed by atoms with van der Waals surface area (Å²) in [7, 11) is 0. The van der Waals surface area contributed by atoms with E-state index in [0.29, 0.717) is 21.2 Å². The Morgan fingerprint density at radius 2 is 1.97 bits per heavy atom. The molecule has 0 spiro atoms. The summed E-state index contributed by atoms with van der Waals surface area (Å²) >= 11 is 4.39. The molecule has 0 fully saturated rings. The lowest BCUT2D eigenvalue weighted by molar-refractivity contribution is -0.113. The van der Waals surface area contributed by atoms with Crippen LogP contribution in [0.4, 0.5) is 10.1 Å². The molecule has 4 aromatic rings. The molecular weight excluding hydrogens is 459 g/mol. The van der Waals surface area contributed by atoms with Crippen molar-refractivity contribution in [2.45, 2.75) is 5.16 Å². The minimum Gasteiger partial charge on any atom is -0.461 e. The number of furan rings is 1. The van der Waals surface area contributed by atoms with Crippen LogP contribution in [0.25, 0.3) is 17.3 Å². The average molecular weight is 473 g/mol. The molecule has 0 radical (unpaired) electrons. The number of nitrogens with zero attached hydrogens (tertiary/aromatic N) is 3. The Hall–Kier alpha value is -2.91. The van der Waals surface area contributed by atoms with Crippen molar-refractivity contribution in [3.05, 3.63) is 77.2 Å². The van der Waals surface area contributed by atoms with Crippen molar-refractivity contribution in [3.63, 3.8) is 0 Å². The highest BCUT2D eigenvalue weighted by Gasteiger charge is 2.19. The third kappa shape index (κ3) is 4.41. The molecular formula is C20H14BrFN4O2S. The number of halogens is 2. The maximum Gasteiger partial charge on any atom is 0.234 e. The first kappa shape index (κ1) is 19.4. The fraction of sp³-hybridized carbons (Fsp3) is 0.0500. The lowest BCUT2D eigenvalue weighted by Gasteiger charge is -2.09. The topological polar surface area (TPSA) is 73.0 Å². The van der Waals surface area contributed by atoms with Crippen molar-refractivity contribution in [1.82, 2.24) is 14.8 Å². The zero-order valence-electron chi connectivity index (χ0n) is 14.9. The van der Waals surface area contributed by atoms with Gasteiger partial charge in [-0.1, -0.05) is 45.9 Å². The van der Waals surface area contributed by atoms with Gasteiger partial charge in [0.05, 0.1) is 17.7 Å². The van der Waals surface area contributed by atoms with E-state index in [1.165, 1.54) is 23.9 Å². The standard InChI is InChI=1S/C20H14BrFN4O2S/c21-13-8-9-16(15(22)11-13)23-18(27)12-29-20-25-24-19(17-7-4-10-28-17)26(20)14-5-2-1-3-6-14/h1-11H,12H2,(H,23,27). The van der Waals surface area contributed by atoms with Crippen molar-refractivity contribution in [2.24, 2.45) is 0 Å². The number of anilines is 1. The van der Waals surface area contributed by atoms with E-state index >= 15 is 0 Å². The molecule has 0 unspecified atom stereocenters. The number of thioether (sulfide) groups is 1. The Morgan fingerprint density at radius 1 is 1.14 bits per heavy atom. The van der Waals surface area contributed by atoms with Crippen molar-refractivity contribution >= 4 is 39.3 Å². The summed E-state index contributed by atoms with van der Waals surface area (Å²) in [5.41, 5.74) is 0.963. The molecule has 29 heavy (non-hydrogen) atoms. The first-order valence-electron chi connectivity index (χ1n) is 8.54. The molecule has 0 bridgehead atoms. The number of benzene rings is 2. The largest absolute Gasteiger partial charge is 0.461 e. The monoisotopic (exact) mass is 472 g/mol. The molecule has 1 N–H and O–H groups in total. The summed E-state index contributed by atoms with van der Waals surface area (Å²) in [4.78, 5) is 12.3. The molecule has 9 heteroatoms. The van der Waals surface area contributed by atoms with Gasteiger partial charge in [0.2, 0.25) is 11.7 Å². The Morgan fingerprint density at radius 3 is 2.69 bits per heavy atom. The van der Waals surface area contributed by atoms with Crippen LogP contribution in [0.3, 0.4) is 0 Å². The van der Waals surface area contributed by atoms with Crippen LogP contribution in [0.2, 0.25) is 0 Å². The maximum atomic E-state index is 13.9. The van der Waals surface area contributed by atoms with E-state index in [2.05, 4.69) is 31.4 Å². The van der Waals surface area contributed by atoms with Crippen LogP contribution < -0.4 is 5.32 Å². The smallest absolute Gasteiger partial charge is 0.234 e. The molecule has 0 saturated carbocycles. The first-order chi connectivity index (χ1) is 14.1. The van der Waals surface area contributed by atoms with Crippen molar-refractivity contribution in [3.8, 4) is 17.3 Å². The number of nitrogens with one attached hydrogen (secondary N) is 1. The van der Waals surface area contributed by atoms with Crippen LogP contribution in [0, 0.1) is 5.82 Å². The molecule has 2 aromatic carbocycles. The van der Waals surface area contributed by atoms with E-state index in [1.54, 1.807) is 24.5 Å². The van der Waals surface area contributed by atoms with Crippen LogP contribution in [0.1, 0.15) is 0 Å². The molecule has 0 aliphatic carbocycles. The number of para-hydroxylation sites is 1. The Kier molecular flexibility index (Phi) is 5.77. The molecule has 146 valence electrons. The summed E-state index contributed by atoms with van der Waals surface area (Å²) in [6.07, 6.45) is 1.56. The summed E-state index contributed by atoms with van der Waals surface area (Å²) in [6.45, 7) is 0. The summed E-state index contributed by atoms with van der Waals surface area (Å²) in [5.74, 6) is 0.278. The van der Waals surface area contributed by atoms with E-state index in [1.807, 2.05) is 34.9 Å². The second-order valence-corrected chi connectivity index (χ2v) is 7.77. The zero-order chi connectivity index (χ0) is 20.2. The molecule has 0 aliphatic rings. The zero-order valence-corrected chi connectivity index (χ0v) is 17.3. The van der Waals surface area contributed by atoms with Gasteiger partial charge in [0.1, 0.15) is 5.82 Å². The highest BCUT2D eigenvalue weighted by molar-refractivity contribution is 9.10. The fourth-order valence-electron chi connectivity index (χ4n) is 2.65. The number of hydrogen-bond donors (Lipinski definition) is 1. The van der Waals surface area contributed by atoms with Gasteiger partial charge in [-0.15, -0.1) is 10.2 Å². The lowest BCUT2D eigenvalue weighted by Crippen LogP contribution is -2.15. The molecule has 0 saturated heterocycles. The molecule has 2 aromatic heterocycles. The van der Waals surface area contributed by atoms with Crippen LogP contribution >= 0.6 is 27.7 Å². The fourth-order valence-corrected chi connectivity index (χ4v) is 3.73. The van der Waals surface area contributed by atoms with E-state index < -0.39 is 5.82 Å². The SMILES string of the molecule is O=C(CSc1nnc(-c2ccco2)n1-c1ccccc1)Nc1ccc(Br)cc1F. The van der Waals surface area contributed by atoms with Gasteiger partial charge in [-0.3, -0.25) is 9.36 Å². The Bertz CT molecular complexity index is 1130. The molecule has 0 aliphatic heterocycles. The van der Waals surface area contributed by atoms with Gasteiger partial charge >= 0.3 is 0 Å². The third-order valence-electron chi connectivity index (χ3n) is 3.93. The lowest BCUT2D eigenvalue weighted by atomic mass is 10.3. The quantitative estimate of drug-likeness (QED) is 0.392. The second kappa shape index (κ2) is 8.62. The molecule has 4 rings (SSSR count). The van der Waals surface area contributed by atoms with Crippen molar-refractivity contribution < 1.29 is 13.6 Å². The minimum atomic E-state index is -0.509. The minimum absolute atomic E-state index is 0.0403. The van der Waals surface area contributed by atoms with Crippen molar-refractivity contribution in [2.75, 3.05) is 11.1 Å². The number of aromatic nitrogens is 3. The van der Waals surface area contributed by atoms with Crippen LogP contribution in [-0.4, -0.2) is 26.4 Å². The summed E-state index contributed by atoms with van der Waals surface area (Å²) in [6, 6.07) is 17.6. The molecule has 6 nitrogen and oxygen atoms in total. The number of rotatable bonds is 6. The van der Waals surface area contributed by atoms with Crippen LogP contribution in [0.15, 0.2) is 81.0 Å². The van der Waals surface area contributed by atoms with E-state index in [4.69, 9.17) is 4.42 Å². The molecule has 2 heterocycles. The second-order valence-electron chi connectivity index (χ2n) is 5.92. The maximum absolute atomic E-state index is 13.9. The summed E-state index contributed by atoms with van der Waals surface area (Å²) < 4.78 is 21.8. The highest BCUT2D eigenvalue weighted by Crippen LogP contribution is 2.28. The van der Waals surface area contributed by atoms with E-state index in [0.717, 1.165) is 5.69 Å². The molecule has 0 atom stereocenters. The van der Waals surface area contributed by atoms with E-state index in [9.17, 15) is 9.18 Å². The number of carbonyl (C=O) groups excluding carboxylic acids is 1. The summed E-state index contributed by atoms with van der Waals surface area (Å²) in [5, 5.41) is 11.5. The van der Waals surface area contributed by atoms with Gasteiger partial charge in [0.15, 0.2) is 10.9 Å². The van der Waals surface area contributed by atoms with Gasteiger partial charge < -0.3 is 9.73 Å².